The lowest BCUT2D eigenvalue weighted by molar-refractivity contribution is 0.464. The van der Waals surface area contributed by atoms with Crippen molar-refractivity contribution in [1.29, 1.82) is 0 Å². The minimum absolute atomic E-state index is 0.812. The van der Waals surface area contributed by atoms with Gasteiger partial charge in [-0.25, -0.2) is 0 Å². The van der Waals surface area contributed by atoms with Gasteiger partial charge in [0.15, 0.2) is 0 Å². The van der Waals surface area contributed by atoms with Crippen molar-refractivity contribution < 1.29 is 4.74 Å². The summed E-state index contributed by atoms with van der Waals surface area (Å²) in [6.07, 6.45) is 12.6. The predicted molar refractivity (Wildman–Crippen MR) is 127 cm³/mol. The fraction of sp³-hybridized carbons (Fsp3) is 0.571. The van der Waals surface area contributed by atoms with Gasteiger partial charge in [0.1, 0.15) is 11.5 Å². The molecule has 29 heavy (non-hydrogen) atoms. The molecule has 2 aromatic carbocycles. The molecular formula is C28H42O. The zero-order chi connectivity index (χ0) is 20.9. The molecule has 0 aromatic heterocycles. The zero-order valence-electron chi connectivity index (χ0n) is 19.3. The number of rotatable bonds is 14. The van der Waals surface area contributed by atoms with E-state index in [1.54, 1.807) is 0 Å². The number of para-hydroxylation sites is 2. The highest BCUT2D eigenvalue weighted by atomic mass is 16.5. The number of ether oxygens (including phenoxy) is 1. The maximum absolute atomic E-state index is 6.43. The van der Waals surface area contributed by atoms with Gasteiger partial charge < -0.3 is 4.74 Å². The molecule has 0 heterocycles. The van der Waals surface area contributed by atoms with Crippen LogP contribution in [0, 0.1) is 11.8 Å². The minimum Gasteiger partial charge on any atom is -0.457 e. The Kier molecular flexibility index (Phi) is 10.9. The Labute approximate surface area is 179 Å². The molecule has 0 aliphatic rings. The van der Waals surface area contributed by atoms with E-state index in [-0.39, 0.29) is 0 Å². The van der Waals surface area contributed by atoms with E-state index in [9.17, 15) is 0 Å². The first kappa shape index (κ1) is 23.5. The van der Waals surface area contributed by atoms with Crippen LogP contribution in [0.5, 0.6) is 11.5 Å². The molecule has 0 aliphatic heterocycles. The summed E-state index contributed by atoms with van der Waals surface area (Å²) in [5, 5.41) is 0. The van der Waals surface area contributed by atoms with Crippen LogP contribution in [0.15, 0.2) is 48.5 Å². The third-order valence-corrected chi connectivity index (χ3v) is 5.62. The average molecular weight is 395 g/mol. The molecule has 1 nitrogen and oxygen atoms in total. The van der Waals surface area contributed by atoms with Crippen LogP contribution in [-0.4, -0.2) is 0 Å². The Hall–Kier alpha value is -1.76. The third-order valence-electron chi connectivity index (χ3n) is 5.62. The summed E-state index contributed by atoms with van der Waals surface area (Å²) in [6, 6.07) is 17.2. The smallest absolute Gasteiger partial charge is 0.130 e. The van der Waals surface area contributed by atoms with Gasteiger partial charge in [0, 0.05) is 0 Å². The summed E-state index contributed by atoms with van der Waals surface area (Å²) in [5.41, 5.74) is 2.67. The van der Waals surface area contributed by atoms with Gasteiger partial charge in [0.25, 0.3) is 0 Å². The molecule has 0 fully saturated rings. The minimum atomic E-state index is 0.812. The Morgan fingerprint density at radius 1 is 0.552 bits per heavy atom. The van der Waals surface area contributed by atoms with Crippen LogP contribution in [0.3, 0.4) is 0 Å². The molecule has 0 unspecified atom stereocenters. The summed E-state index contributed by atoms with van der Waals surface area (Å²) in [5.74, 6) is 3.69. The van der Waals surface area contributed by atoms with E-state index in [4.69, 9.17) is 4.74 Å². The molecule has 160 valence electrons. The van der Waals surface area contributed by atoms with Crippen molar-refractivity contribution >= 4 is 0 Å². The van der Waals surface area contributed by atoms with E-state index in [2.05, 4.69) is 76.2 Å². The van der Waals surface area contributed by atoms with Crippen LogP contribution in [0.1, 0.15) is 90.2 Å². The summed E-state index contributed by atoms with van der Waals surface area (Å²) < 4.78 is 6.43. The van der Waals surface area contributed by atoms with Crippen LogP contribution < -0.4 is 4.74 Å². The highest BCUT2D eigenvalue weighted by Crippen LogP contribution is 2.30. The van der Waals surface area contributed by atoms with Gasteiger partial charge in [-0.05, 0) is 60.8 Å². The molecule has 2 rings (SSSR count). The van der Waals surface area contributed by atoms with Crippen LogP contribution in [0.2, 0.25) is 0 Å². The first-order chi connectivity index (χ1) is 14.1. The number of hydrogen-bond acceptors (Lipinski definition) is 1. The fourth-order valence-electron chi connectivity index (χ4n) is 3.83. The van der Waals surface area contributed by atoms with Crippen LogP contribution in [0.25, 0.3) is 0 Å². The lowest BCUT2D eigenvalue weighted by Gasteiger charge is -2.14. The molecule has 0 N–H and O–H groups in total. The van der Waals surface area contributed by atoms with Crippen LogP contribution in [0.4, 0.5) is 0 Å². The molecule has 0 saturated carbocycles. The maximum Gasteiger partial charge on any atom is 0.130 e. The number of aryl methyl sites for hydroxylation is 2. The molecular weight excluding hydrogens is 352 g/mol. The van der Waals surface area contributed by atoms with Gasteiger partial charge in [-0.3, -0.25) is 0 Å². The Morgan fingerprint density at radius 2 is 0.966 bits per heavy atom. The van der Waals surface area contributed by atoms with Gasteiger partial charge >= 0.3 is 0 Å². The number of unbranched alkanes of at least 4 members (excludes halogenated alkanes) is 4. The van der Waals surface area contributed by atoms with Crippen molar-refractivity contribution in [2.75, 3.05) is 0 Å². The largest absolute Gasteiger partial charge is 0.457 e. The van der Waals surface area contributed by atoms with E-state index in [1.807, 2.05) is 0 Å². The van der Waals surface area contributed by atoms with Crippen molar-refractivity contribution in [2.24, 2.45) is 11.8 Å². The van der Waals surface area contributed by atoms with Gasteiger partial charge in [-0.1, -0.05) is 103 Å². The average Bonchev–Trinajstić information content (AvgIpc) is 2.69. The molecule has 0 radical (unpaired) electrons. The van der Waals surface area contributed by atoms with E-state index in [0.29, 0.717) is 0 Å². The van der Waals surface area contributed by atoms with Crippen molar-refractivity contribution in [1.82, 2.24) is 0 Å². The van der Waals surface area contributed by atoms with Crippen molar-refractivity contribution in [3.63, 3.8) is 0 Å². The fourth-order valence-corrected chi connectivity index (χ4v) is 3.83. The lowest BCUT2D eigenvalue weighted by Crippen LogP contribution is -1.96. The molecule has 0 atom stereocenters. The predicted octanol–water partition coefficient (Wildman–Crippen LogP) is 9.00. The molecule has 0 spiro atoms. The van der Waals surface area contributed by atoms with Gasteiger partial charge in [-0.2, -0.15) is 0 Å². The summed E-state index contributed by atoms with van der Waals surface area (Å²) in [4.78, 5) is 0. The van der Waals surface area contributed by atoms with Crippen molar-refractivity contribution in [2.45, 2.75) is 91.9 Å². The van der Waals surface area contributed by atoms with E-state index >= 15 is 0 Å². The quantitative estimate of drug-likeness (QED) is 0.290. The first-order valence-electron chi connectivity index (χ1n) is 11.9. The van der Waals surface area contributed by atoms with E-state index in [1.165, 1.54) is 62.5 Å². The van der Waals surface area contributed by atoms with Crippen LogP contribution in [-0.2, 0) is 12.8 Å². The second-order valence-electron chi connectivity index (χ2n) is 9.30. The van der Waals surface area contributed by atoms with Gasteiger partial charge in [0.2, 0.25) is 0 Å². The van der Waals surface area contributed by atoms with Gasteiger partial charge in [-0.15, -0.1) is 0 Å². The van der Waals surface area contributed by atoms with E-state index < -0.39 is 0 Å². The molecule has 0 aliphatic carbocycles. The zero-order valence-corrected chi connectivity index (χ0v) is 19.3. The summed E-state index contributed by atoms with van der Waals surface area (Å²) >= 11 is 0. The first-order valence-corrected chi connectivity index (χ1v) is 11.9. The number of hydrogen-bond donors (Lipinski definition) is 0. The Morgan fingerprint density at radius 3 is 1.38 bits per heavy atom. The molecule has 0 saturated heterocycles. The Balaban J connectivity index is 1.90. The summed E-state index contributed by atoms with van der Waals surface area (Å²) in [6.45, 7) is 9.24. The van der Waals surface area contributed by atoms with Crippen LogP contribution >= 0.6 is 0 Å². The summed E-state index contributed by atoms with van der Waals surface area (Å²) in [7, 11) is 0. The highest BCUT2D eigenvalue weighted by Gasteiger charge is 2.08. The molecule has 0 amide bonds. The SMILES string of the molecule is CC(C)CCCCCc1ccccc1Oc1ccccc1CCCCCC(C)C. The molecule has 1 heteroatoms. The topological polar surface area (TPSA) is 9.23 Å². The highest BCUT2D eigenvalue weighted by molar-refractivity contribution is 5.41. The monoisotopic (exact) mass is 394 g/mol. The standard InChI is InChI=1S/C28H42O/c1-23(2)15-7-5-9-17-25-19-11-13-21-27(25)29-28-22-14-12-20-26(28)18-10-6-8-16-24(3)4/h11-14,19-24H,5-10,15-18H2,1-4H3. The maximum atomic E-state index is 6.43. The second-order valence-corrected chi connectivity index (χ2v) is 9.30. The van der Waals surface area contributed by atoms with Gasteiger partial charge in [0.05, 0.1) is 0 Å². The lowest BCUT2D eigenvalue weighted by atomic mass is 10.0. The number of benzene rings is 2. The van der Waals surface area contributed by atoms with E-state index in [0.717, 1.165) is 36.2 Å². The third kappa shape index (κ3) is 9.52. The van der Waals surface area contributed by atoms with Crippen molar-refractivity contribution in [3.8, 4) is 11.5 Å². The Bertz CT molecular complexity index is 627. The normalized spacial score (nSPS) is 11.4. The molecule has 0 bridgehead atoms. The second kappa shape index (κ2) is 13.5. The van der Waals surface area contributed by atoms with Crippen molar-refractivity contribution in [3.05, 3.63) is 59.7 Å². The molecule has 2 aromatic rings.